The maximum atomic E-state index is 6.21. The first-order valence-corrected chi connectivity index (χ1v) is 23.1. The van der Waals surface area contributed by atoms with Crippen LogP contribution < -0.4 is 9.80 Å². The molecule has 6 heteroatoms. The zero-order valence-corrected chi connectivity index (χ0v) is 35.8. The van der Waals surface area contributed by atoms with Crippen LogP contribution in [-0.4, -0.2) is 0 Å². The lowest BCUT2D eigenvalue weighted by molar-refractivity contribution is 0.668. The van der Waals surface area contributed by atoms with Gasteiger partial charge in [0.2, 0.25) is 0 Å². The fourth-order valence-corrected chi connectivity index (χ4v) is 12.1. The van der Waals surface area contributed by atoms with Crippen LogP contribution in [-0.2, 0) is 0 Å². The van der Waals surface area contributed by atoms with Gasteiger partial charge >= 0.3 is 0 Å². The topological polar surface area (TPSA) is 32.8 Å². The number of nitrogens with zero attached hydrogens (tertiary/aromatic N) is 2. The number of anilines is 6. The summed E-state index contributed by atoms with van der Waals surface area (Å²) in [4.78, 5) is 4.70. The Morgan fingerprint density at radius 3 is 1.09 bits per heavy atom. The first-order chi connectivity index (χ1) is 31.7. The average Bonchev–Trinajstić information content (AvgIpc) is 4.10. The fourth-order valence-electron chi connectivity index (χ4n) is 9.80. The van der Waals surface area contributed by atoms with E-state index in [9.17, 15) is 0 Å². The lowest BCUT2D eigenvalue weighted by Crippen LogP contribution is -2.09. The van der Waals surface area contributed by atoms with Gasteiger partial charge in [0.1, 0.15) is 22.3 Å². The number of para-hydroxylation sites is 4. The molecular formula is C58H34N2O2S2. The highest BCUT2D eigenvalue weighted by Crippen LogP contribution is 2.46. The summed E-state index contributed by atoms with van der Waals surface area (Å²) in [6.07, 6.45) is 0. The number of rotatable bonds is 6. The highest BCUT2D eigenvalue weighted by molar-refractivity contribution is 7.26. The average molecular weight is 855 g/mol. The summed E-state index contributed by atoms with van der Waals surface area (Å²) >= 11 is 3.73. The molecule has 0 radical (unpaired) electrons. The van der Waals surface area contributed by atoms with Gasteiger partial charge in [-0.1, -0.05) is 84.9 Å². The van der Waals surface area contributed by atoms with Crippen molar-refractivity contribution in [3.63, 3.8) is 0 Å². The maximum Gasteiger partial charge on any atom is 0.135 e. The number of hydrogen-bond acceptors (Lipinski definition) is 6. The van der Waals surface area contributed by atoms with E-state index < -0.39 is 0 Å². The van der Waals surface area contributed by atoms with Crippen LogP contribution in [0.5, 0.6) is 0 Å². The van der Waals surface area contributed by atoms with Crippen LogP contribution in [0.15, 0.2) is 215 Å². The Kier molecular flexibility index (Phi) is 7.69. The molecule has 4 heterocycles. The van der Waals surface area contributed by atoms with Crippen molar-refractivity contribution in [2.75, 3.05) is 9.80 Å². The first-order valence-electron chi connectivity index (χ1n) is 21.5. The Morgan fingerprint density at radius 1 is 0.250 bits per heavy atom. The molecule has 10 aromatic carbocycles. The summed E-state index contributed by atoms with van der Waals surface area (Å²) in [5.41, 5.74) is 10.2. The molecule has 4 nitrogen and oxygen atoms in total. The lowest BCUT2D eigenvalue weighted by Gasteiger charge is -2.25. The second-order valence-electron chi connectivity index (χ2n) is 16.5. The minimum absolute atomic E-state index is 0.894. The van der Waals surface area contributed by atoms with Crippen molar-refractivity contribution >= 4 is 152 Å². The van der Waals surface area contributed by atoms with Crippen LogP contribution in [0, 0.1) is 0 Å². The van der Waals surface area contributed by atoms with Gasteiger partial charge in [-0.3, -0.25) is 0 Å². The van der Waals surface area contributed by atoms with Crippen LogP contribution in [0.4, 0.5) is 34.1 Å². The summed E-state index contributed by atoms with van der Waals surface area (Å²) in [6.45, 7) is 0. The maximum absolute atomic E-state index is 6.21. The molecule has 0 fully saturated rings. The van der Waals surface area contributed by atoms with Crippen LogP contribution in [0.3, 0.4) is 0 Å². The second kappa shape index (κ2) is 13.8. The highest BCUT2D eigenvalue weighted by atomic mass is 32.1. The monoisotopic (exact) mass is 854 g/mol. The lowest BCUT2D eigenvalue weighted by atomic mass is 10.0. The van der Waals surface area contributed by atoms with Crippen molar-refractivity contribution in [3.8, 4) is 0 Å². The smallest absolute Gasteiger partial charge is 0.135 e. The van der Waals surface area contributed by atoms with Gasteiger partial charge in [0.15, 0.2) is 0 Å². The molecule has 300 valence electrons. The molecule has 0 spiro atoms. The molecule has 0 saturated heterocycles. The van der Waals surface area contributed by atoms with Crippen LogP contribution in [0.2, 0.25) is 0 Å². The predicted octanol–water partition coefficient (Wildman–Crippen LogP) is 18.3. The molecule has 14 aromatic rings. The van der Waals surface area contributed by atoms with Gasteiger partial charge in [-0.25, -0.2) is 0 Å². The molecule has 0 amide bonds. The van der Waals surface area contributed by atoms with Gasteiger partial charge in [-0.15, -0.1) is 22.7 Å². The van der Waals surface area contributed by atoms with Crippen LogP contribution in [0.25, 0.3) is 95.0 Å². The van der Waals surface area contributed by atoms with E-state index in [1.165, 1.54) is 51.1 Å². The zero-order valence-electron chi connectivity index (χ0n) is 34.2. The minimum Gasteiger partial charge on any atom is -0.456 e. The molecule has 0 unspecified atom stereocenters. The number of thiophene rings is 2. The van der Waals surface area contributed by atoms with Gasteiger partial charge in [0.05, 0.1) is 0 Å². The molecule has 14 rings (SSSR count). The summed E-state index contributed by atoms with van der Waals surface area (Å²) in [5.74, 6) is 0. The Hall–Kier alpha value is -7.90. The molecule has 0 aliphatic carbocycles. The molecule has 4 aromatic heterocycles. The van der Waals surface area contributed by atoms with E-state index in [0.29, 0.717) is 0 Å². The standard InChI is InChI=1S/C58H34N2O2S2/c1-3-11-37(12-4-1)59(39-21-25-53-47(31-39)43-15-7-9-17-51(43)61-53)41-19-23-45-49-27-35-30-56-50(28-36(35)29-55(49)63-57(45)33-41)46-24-20-42(34-58(46)64-56)60(38-13-5-2-6-14-38)40-22-26-54-48(32-40)44-16-8-10-18-52(44)62-54/h1-34H. The van der Waals surface area contributed by atoms with Crippen molar-refractivity contribution in [3.05, 3.63) is 206 Å². The number of furan rings is 2. The Morgan fingerprint density at radius 2 is 0.625 bits per heavy atom. The zero-order chi connectivity index (χ0) is 41.9. The quantitative estimate of drug-likeness (QED) is 0.167. The summed E-state index contributed by atoms with van der Waals surface area (Å²) < 4.78 is 17.5. The molecule has 0 bridgehead atoms. The van der Waals surface area contributed by atoms with Gasteiger partial charge < -0.3 is 18.6 Å². The van der Waals surface area contributed by atoms with E-state index in [4.69, 9.17) is 8.83 Å². The van der Waals surface area contributed by atoms with Crippen molar-refractivity contribution in [2.24, 2.45) is 0 Å². The van der Waals surface area contributed by atoms with Gasteiger partial charge in [0, 0.05) is 96.0 Å². The molecule has 0 saturated carbocycles. The van der Waals surface area contributed by atoms with E-state index >= 15 is 0 Å². The normalized spacial score (nSPS) is 12.1. The van der Waals surface area contributed by atoms with E-state index in [1.54, 1.807) is 0 Å². The largest absolute Gasteiger partial charge is 0.456 e. The van der Waals surface area contributed by atoms with E-state index in [-0.39, 0.29) is 0 Å². The van der Waals surface area contributed by atoms with Crippen LogP contribution in [0.1, 0.15) is 0 Å². The SMILES string of the molecule is c1ccc(N(c2ccc3c(c2)sc2cc4cc5c(cc4cc23)sc2cc(N(c3ccccc3)c3ccc4oc6ccccc6c4c3)ccc25)c2ccc3oc4ccccc4c3c2)cc1. The third-order valence-electron chi connectivity index (χ3n) is 12.8. The van der Waals surface area contributed by atoms with Crippen molar-refractivity contribution in [1.82, 2.24) is 0 Å². The molecule has 0 aliphatic rings. The number of benzene rings is 10. The van der Waals surface area contributed by atoms with Crippen molar-refractivity contribution in [1.29, 1.82) is 0 Å². The molecule has 0 atom stereocenters. The molecule has 0 N–H and O–H groups in total. The van der Waals surface area contributed by atoms with Crippen molar-refractivity contribution < 1.29 is 8.83 Å². The fraction of sp³-hybridized carbons (Fsp3) is 0. The first kappa shape index (κ1) is 35.7. The van der Waals surface area contributed by atoms with Gasteiger partial charge in [-0.2, -0.15) is 0 Å². The van der Waals surface area contributed by atoms with E-state index in [0.717, 1.165) is 78.0 Å². The van der Waals surface area contributed by atoms with Gasteiger partial charge in [0.25, 0.3) is 0 Å². The Bertz CT molecular complexity index is 3890. The highest BCUT2D eigenvalue weighted by Gasteiger charge is 2.20. The van der Waals surface area contributed by atoms with Crippen LogP contribution >= 0.6 is 22.7 Å². The summed E-state index contributed by atoms with van der Waals surface area (Å²) in [5, 5.41) is 12.1. The Balaban J connectivity index is 0.865. The summed E-state index contributed by atoms with van der Waals surface area (Å²) in [7, 11) is 0. The van der Waals surface area contributed by atoms with Gasteiger partial charge in [-0.05, 0) is 132 Å². The third-order valence-corrected chi connectivity index (χ3v) is 15.0. The number of hydrogen-bond donors (Lipinski definition) is 0. The summed E-state index contributed by atoms with van der Waals surface area (Å²) in [6, 6.07) is 74.3. The van der Waals surface area contributed by atoms with Crippen molar-refractivity contribution in [2.45, 2.75) is 0 Å². The third kappa shape index (κ3) is 5.53. The number of fused-ring (bicyclic) bond motifs is 13. The second-order valence-corrected chi connectivity index (χ2v) is 18.7. The molecular weight excluding hydrogens is 821 g/mol. The minimum atomic E-state index is 0.894. The molecule has 0 aliphatic heterocycles. The molecule has 64 heavy (non-hydrogen) atoms. The Labute approximate surface area is 374 Å². The van der Waals surface area contributed by atoms with E-state index in [2.05, 4.69) is 192 Å². The predicted molar refractivity (Wildman–Crippen MR) is 274 cm³/mol. The van der Waals surface area contributed by atoms with E-state index in [1.807, 2.05) is 46.9 Å².